The van der Waals surface area contributed by atoms with Crippen LogP contribution in [0.1, 0.15) is 31.2 Å². The number of allylic oxidation sites excluding steroid dienone is 2. The number of carbonyl (C=O) groups excluding carboxylic acids is 1. The van der Waals surface area contributed by atoms with Crippen molar-refractivity contribution in [1.29, 1.82) is 10.7 Å². The Morgan fingerprint density at radius 1 is 1.41 bits per heavy atom. The van der Waals surface area contributed by atoms with Crippen molar-refractivity contribution in [1.82, 2.24) is 0 Å². The topological polar surface area (TPSA) is 73.9 Å². The lowest BCUT2D eigenvalue weighted by atomic mass is 9.72. The molecule has 1 aromatic rings. The van der Waals surface area contributed by atoms with E-state index in [9.17, 15) is 14.4 Å². The summed E-state index contributed by atoms with van der Waals surface area (Å²) in [6.45, 7) is 1.95. The first kappa shape index (κ1) is 14.5. The lowest BCUT2D eigenvalue weighted by Gasteiger charge is -2.35. The Morgan fingerprint density at radius 3 is 2.86 bits per heavy atom. The average molecular weight is 298 g/mol. The third-order valence-electron chi connectivity index (χ3n) is 4.18. The molecule has 0 bridgehead atoms. The van der Waals surface area contributed by atoms with Crippen LogP contribution in [0.25, 0.3) is 0 Å². The monoisotopic (exact) mass is 298 g/mol. The van der Waals surface area contributed by atoms with Crippen molar-refractivity contribution < 1.29 is 13.9 Å². The second-order valence-electron chi connectivity index (χ2n) is 5.88. The summed E-state index contributed by atoms with van der Waals surface area (Å²) in [6, 6.07) is 7.90. The van der Waals surface area contributed by atoms with Gasteiger partial charge < -0.3 is 4.74 Å². The number of nitrogens with zero attached hydrogens (tertiary/aromatic N) is 1. The molecule has 0 radical (unpaired) electrons. The number of Topliss-reactive ketones (excluding diaryl/α,β-unsaturated/α-hetero) is 1. The Hall–Kier alpha value is -2.48. The highest BCUT2D eigenvalue weighted by Crippen LogP contribution is 2.44. The second kappa shape index (κ2) is 5.38. The van der Waals surface area contributed by atoms with Gasteiger partial charge in [-0.3, -0.25) is 10.2 Å². The minimum Gasteiger partial charge on any atom is -0.446 e. The summed E-state index contributed by atoms with van der Waals surface area (Å²) in [7, 11) is 0. The number of ketones is 1. The summed E-state index contributed by atoms with van der Waals surface area (Å²) in [5.41, 5.74) is 0.973. The molecule has 3 atom stereocenters. The van der Waals surface area contributed by atoms with Crippen molar-refractivity contribution in [3.05, 3.63) is 47.0 Å². The molecule has 0 aromatic heterocycles. The summed E-state index contributed by atoms with van der Waals surface area (Å²) in [4.78, 5) is 12.5. The Bertz CT molecular complexity index is 732. The standard InChI is InChI=1S/C17H15FN2O2/c1-9-5-13(21)16-14(6-9)22-17(20)12(8-19)15(16)10-3-2-4-11(18)7-10/h2-4,7,9,12,15,20H,5-6H2,1H3. The highest BCUT2D eigenvalue weighted by molar-refractivity contribution is 6.01. The Morgan fingerprint density at radius 2 is 2.18 bits per heavy atom. The molecule has 0 spiro atoms. The summed E-state index contributed by atoms with van der Waals surface area (Å²) in [5.74, 6) is -1.59. The summed E-state index contributed by atoms with van der Waals surface area (Å²) in [5, 5.41) is 17.3. The van der Waals surface area contributed by atoms with E-state index in [0.717, 1.165) is 0 Å². The quantitative estimate of drug-likeness (QED) is 0.864. The molecule has 3 rings (SSSR count). The first-order valence-electron chi connectivity index (χ1n) is 7.19. The van der Waals surface area contributed by atoms with Crippen molar-refractivity contribution in [2.75, 3.05) is 0 Å². The fraction of sp³-hybridized carbons (Fsp3) is 0.353. The minimum absolute atomic E-state index is 0.0734. The van der Waals surface area contributed by atoms with Crippen LogP contribution >= 0.6 is 0 Å². The number of benzene rings is 1. The predicted octanol–water partition coefficient (Wildman–Crippen LogP) is 3.31. The number of carbonyl (C=O) groups is 1. The smallest absolute Gasteiger partial charge is 0.205 e. The van der Waals surface area contributed by atoms with Gasteiger partial charge in [-0.15, -0.1) is 0 Å². The molecule has 112 valence electrons. The molecule has 1 heterocycles. The number of rotatable bonds is 1. The van der Waals surface area contributed by atoms with Gasteiger partial charge in [0.1, 0.15) is 17.5 Å². The molecule has 0 fully saturated rings. The normalized spacial score (nSPS) is 28.0. The van der Waals surface area contributed by atoms with Gasteiger partial charge in [-0.05, 0) is 23.6 Å². The average Bonchev–Trinajstić information content (AvgIpc) is 2.45. The van der Waals surface area contributed by atoms with E-state index in [1.54, 1.807) is 12.1 Å². The zero-order chi connectivity index (χ0) is 15.9. The number of hydrogen-bond donors (Lipinski definition) is 1. The highest BCUT2D eigenvalue weighted by atomic mass is 19.1. The fourth-order valence-corrected chi connectivity index (χ4v) is 3.23. The van der Waals surface area contributed by atoms with Crippen LogP contribution in [-0.4, -0.2) is 11.7 Å². The largest absolute Gasteiger partial charge is 0.446 e. The van der Waals surface area contributed by atoms with Crippen molar-refractivity contribution in [3.63, 3.8) is 0 Å². The van der Waals surface area contributed by atoms with Crippen LogP contribution in [0.4, 0.5) is 4.39 Å². The number of ether oxygens (including phenoxy) is 1. The molecule has 5 heteroatoms. The second-order valence-corrected chi connectivity index (χ2v) is 5.88. The van der Waals surface area contributed by atoms with Crippen LogP contribution in [0.5, 0.6) is 0 Å². The lowest BCUT2D eigenvalue weighted by Crippen LogP contribution is -2.36. The van der Waals surface area contributed by atoms with Gasteiger partial charge in [0.25, 0.3) is 0 Å². The van der Waals surface area contributed by atoms with Crippen molar-refractivity contribution in [2.45, 2.75) is 25.7 Å². The van der Waals surface area contributed by atoms with E-state index in [1.807, 2.05) is 13.0 Å². The lowest BCUT2D eigenvalue weighted by molar-refractivity contribution is -0.117. The number of hydrogen-bond acceptors (Lipinski definition) is 4. The van der Waals surface area contributed by atoms with E-state index in [4.69, 9.17) is 10.1 Å². The van der Waals surface area contributed by atoms with E-state index in [-0.39, 0.29) is 17.6 Å². The third kappa shape index (κ3) is 2.31. The molecule has 1 aromatic carbocycles. The highest BCUT2D eigenvalue weighted by Gasteiger charge is 2.43. The van der Waals surface area contributed by atoms with E-state index in [0.29, 0.717) is 29.7 Å². The van der Waals surface area contributed by atoms with Gasteiger partial charge in [-0.1, -0.05) is 19.1 Å². The van der Waals surface area contributed by atoms with Gasteiger partial charge in [0, 0.05) is 24.3 Å². The Labute approximate surface area is 127 Å². The molecule has 22 heavy (non-hydrogen) atoms. The van der Waals surface area contributed by atoms with Gasteiger partial charge >= 0.3 is 0 Å². The molecule has 0 saturated heterocycles. The van der Waals surface area contributed by atoms with Crippen LogP contribution in [0.2, 0.25) is 0 Å². The van der Waals surface area contributed by atoms with Gasteiger partial charge in [-0.2, -0.15) is 5.26 Å². The van der Waals surface area contributed by atoms with E-state index >= 15 is 0 Å². The predicted molar refractivity (Wildman–Crippen MR) is 77.5 cm³/mol. The van der Waals surface area contributed by atoms with Crippen LogP contribution in [0.15, 0.2) is 35.6 Å². The Balaban J connectivity index is 2.17. The van der Waals surface area contributed by atoms with Crippen LogP contribution in [-0.2, 0) is 9.53 Å². The van der Waals surface area contributed by atoms with E-state index in [1.165, 1.54) is 12.1 Å². The molecular weight excluding hydrogens is 283 g/mol. The summed E-state index contributed by atoms with van der Waals surface area (Å²) < 4.78 is 19.0. The third-order valence-corrected chi connectivity index (χ3v) is 4.18. The molecule has 0 amide bonds. The zero-order valence-electron chi connectivity index (χ0n) is 12.1. The maximum Gasteiger partial charge on any atom is 0.205 e. The molecule has 2 aliphatic rings. The zero-order valence-corrected chi connectivity index (χ0v) is 12.1. The van der Waals surface area contributed by atoms with Crippen molar-refractivity contribution in [2.24, 2.45) is 11.8 Å². The number of nitriles is 1. The first-order chi connectivity index (χ1) is 10.5. The van der Waals surface area contributed by atoms with Gasteiger partial charge in [0.05, 0.1) is 6.07 Å². The first-order valence-corrected chi connectivity index (χ1v) is 7.19. The molecule has 3 unspecified atom stereocenters. The fourth-order valence-electron chi connectivity index (χ4n) is 3.23. The van der Waals surface area contributed by atoms with E-state index < -0.39 is 17.7 Å². The molecule has 1 aliphatic heterocycles. The number of nitrogens with one attached hydrogen (secondary N) is 1. The summed E-state index contributed by atoms with van der Waals surface area (Å²) >= 11 is 0. The van der Waals surface area contributed by atoms with Crippen molar-refractivity contribution in [3.8, 4) is 6.07 Å². The van der Waals surface area contributed by atoms with E-state index in [2.05, 4.69) is 0 Å². The molecule has 1 N–H and O–H groups in total. The minimum atomic E-state index is -0.905. The van der Waals surface area contributed by atoms with Gasteiger partial charge in [0.15, 0.2) is 5.78 Å². The van der Waals surface area contributed by atoms with Crippen LogP contribution in [0, 0.1) is 34.4 Å². The molecule has 4 nitrogen and oxygen atoms in total. The molecular formula is C17H15FN2O2. The summed E-state index contributed by atoms with van der Waals surface area (Å²) in [6.07, 6.45) is 0.951. The maximum atomic E-state index is 13.6. The van der Waals surface area contributed by atoms with Crippen molar-refractivity contribution >= 4 is 11.7 Å². The van der Waals surface area contributed by atoms with Gasteiger partial charge in [0.2, 0.25) is 5.90 Å². The van der Waals surface area contributed by atoms with Crippen LogP contribution in [0.3, 0.4) is 0 Å². The molecule has 1 aliphatic carbocycles. The van der Waals surface area contributed by atoms with Gasteiger partial charge in [-0.25, -0.2) is 4.39 Å². The Kier molecular flexibility index (Phi) is 3.53. The van der Waals surface area contributed by atoms with Crippen LogP contribution < -0.4 is 0 Å². The maximum absolute atomic E-state index is 13.6. The number of halogens is 1. The SMILES string of the molecule is CC1CC(=O)C2=C(C1)OC(=N)C(C#N)C2c1cccc(F)c1. The molecule has 0 saturated carbocycles.